The van der Waals surface area contributed by atoms with E-state index in [1.165, 1.54) is 6.07 Å². The molecule has 0 fully saturated rings. The van der Waals surface area contributed by atoms with Crippen LogP contribution in [-0.4, -0.2) is 83.9 Å². The van der Waals surface area contributed by atoms with Gasteiger partial charge in [-0.05, 0) is 102 Å². The molecule has 0 saturated heterocycles. The summed E-state index contributed by atoms with van der Waals surface area (Å²) >= 11 is 0. The summed E-state index contributed by atoms with van der Waals surface area (Å²) in [5.74, 6) is 6.09. The summed E-state index contributed by atoms with van der Waals surface area (Å²) in [4.78, 5) is 77.7. The number of alkyl halides is 3. The fraction of sp³-hybridized carbons (Fsp3) is 0.00893. The summed E-state index contributed by atoms with van der Waals surface area (Å²) in [6, 6.07) is 131. The van der Waals surface area contributed by atoms with Crippen molar-refractivity contribution in [1.82, 2.24) is 83.9 Å². The van der Waals surface area contributed by atoms with E-state index in [9.17, 15) is 0 Å². The molecular weight excluding hydrogens is 1640 g/mol. The molecule has 0 bridgehead atoms. The van der Waals surface area contributed by atoms with Gasteiger partial charge in [-0.25, -0.2) is 74.8 Å². The Balaban J connectivity index is 0.776. The Kier molecular flexibility index (Phi) is 19.9. The Morgan fingerprint density at radius 2 is 0.348 bits per heavy atom. The van der Waals surface area contributed by atoms with Crippen molar-refractivity contribution in [3.63, 3.8) is 0 Å². The van der Waals surface area contributed by atoms with Gasteiger partial charge in [-0.15, -0.1) is 0 Å². The van der Waals surface area contributed by atoms with Gasteiger partial charge < -0.3 is 9.13 Å². The lowest BCUT2D eigenvalue weighted by Gasteiger charge is -2.21. The van der Waals surface area contributed by atoms with Gasteiger partial charge in [0.25, 0.3) is 0 Å². The third-order valence-corrected chi connectivity index (χ3v) is 23.4. The highest BCUT2D eigenvalue weighted by atomic mass is 19.4. The maximum absolute atomic E-state index is 17.9. The van der Waals surface area contributed by atoms with E-state index in [-0.39, 0.29) is 22.6 Å². The summed E-state index contributed by atoms with van der Waals surface area (Å²) in [5.41, 5.74) is 12.3. The summed E-state index contributed by atoms with van der Waals surface area (Å²) in [6.45, 7) is 0. The van der Waals surface area contributed by atoms with Gasteiger partial charge in [-0.3, -0.25) is 0 Å². The van der Waals surface area contributed by atoms with E-state index in [0.29, 0.717) is 159 Å². The number of halogens is 3. The molecule has 17 nitrogen and oxygen atoms in total. The van der Waals surface area contributed by atoms with Crippen molar-refractivity contribution in [1.29, 1.82) is 0 Å². The molecule has 23 aromatic rings. The number of hydrogen-bond acceptors (Lipinski definition) is 15. The van der Waals surface area contributed by atoms with Crippen LogP contribution in [-0.2, 0) is 6.18 Å². The van der Waals surface area contributed by atoms with Crippen LogP contribution in [0.25, 0.3) is 237 Å². The first kappa shape index (κ1) is 78.7. The topological polar surface area (TPSA) is 203 Å². The fourth-order valence-corrected chi connectivity index (χ4v) is 17.1. The molecule has 23 rings (SSSR count). The second-order valence-corrected chi connectivity index (χ2v) is 31.7. The molecule has 0 spiro atoms. The Morgan fingerprint density at radius 3 is 0.568 bits per heavy atom. The maximum atomic E-state index is 17.9. The molecule has 20 heteroatoms. The molecular formula is C112H68F3N17. The van der Waals surface area contributed by atoms with Gasteiger partial charge in [0.15, 0.2) is 87.4 Å². The van der Waals surface area contributed by atoms with E-state index < -0.39 is 11.7 Å². The number of nitrogens with zero attached hydrogens (tertiary/aromatic N) is 17. The van der Waals surface area contributed by atoms with Crippen molar-refractivity contribution in [3.05, 3.63) is 418 Å². The van der Waals surface area contributed by atoms with Crippen molar-refractivity contribution in [2.45, 2.75) is 6.18 Å². The van der Waals surface area contributed by atoms with Crippen LogP contribution in [0.15, 0.2) is 413 Å². The molecule has 7 heterocycles. The van der Waals surface area contributed by atoms with Crippen molar-refractivity contribution in [2.24, 2.45) is 0 Å². The normalized spacial score (nSPS) is 11.6. The quantitative estimate of drug-likeness (QED) is 0.0784. The highest BCUT2D eigenvalue weighted by Gasteiger charge is 2.39. The van der Waals surface area contributed by atoms with Gasteiger partial charge in [0.05, 0.1) is 39.0 Å². The van der Waals surface area contributed by atoms with Gasteiger partial charge in [0.1, 0.15) is 0 Å². The Labute approximate surface area is 753 Å². The van der Waals surface area contributed by atoms with E-state index in [0.717, 1.165) is 55.3 Å². The minimum atomic E-state index is -5.04. The zero-order chi connectivity index (χ0) is 88.2. The van der Waals surface area contributed by atoms with Crippen molar-refractivity contribution in [2.75, 3.05) is 0 Å². The molecule has 132 heavy (non-hydrogen) atoms. The second-order valence-electron chi connectivity index (χ2n) is 31.7. The van der Waals surface area contributed by atoms with Crippen molar-refractivity contribution in [3.8, 4) is 193 Å². The van der Waals surface area contributed by atoms with Gasteiger partial charge in [0, 0.05) is 105 Å². The van der Waals surface area contributed by atoms with Gasteiger partial charge in [-0.2, -0.15) is 13.2 Å². The van der Waals surface area contributed by atoms with Crippen molar-refractivity contribution >= 4 is 43.6 Å². The third kappa shape index (κ3) is 15.0. The predicted molar refractivity (Wildman–Crippen MR) is 514 cm³/mol. The minimum Gasteiger partial charge on any atom is -0.309 e. The number of aromatic nitrogens is 17. The molecule has 0 radical (unpaired) electrons. The van der Waals surface area contributed by atoms with Crippen LogP contribution >= 0.6 is 0 Å². The molecule has 0 saturated carbocycles. The lowest BCUT2D eigenvalue weighted by atomic mass is 9.95. The summed E-state index contributed by atoms with van der Waals surface area (Å²) in [5, 5.41) is 2.62. The Morgan fingerprint density at radius 1 is 0.152 bits per heavy atom. The summed E-state index contributed by atoms with van der Waals surface area (Å²) in [6.07, 6.45) is -5.04. The van der Waals surface area contributed by atoms with E-state index >= 15 is 13.2 Å². The minimum absolute atomic E-state index is 0.123. The average molecular weight is 1710 g/mol. The number of benzene rings is 16. The molecule has 0 aliphatic rings. The van der Waals surface area contributed by atoms with Crippen LogP contribution in [0.5, 0.6) is 0 Å². The molecule has 7 aromatic heterocycles. The Bertz CT molecular complexity index is 7680. The van der Waals surface area contributed by atoms with E-state index in [1.807, 2.05) is 376 Å². The largest absolute Gasteiger partial charge is 0.419 e. The standard InChI is InChI=1S/C112H68F3N17/c113-112(114,115)96-84(52-31-53-94(96)131-90-60-55-80(107-121-97(69-32-11-1-12-33-69)116-98(122-107)70-34-13-2-14-35-70)64-86(90)87-65-81(56-61-91(87)131)108-123-99(71-36-15-3-16-37-71)117-100(124-108)72-38-17-4-18-39-72)79-54-59-85(111-129-105(77-48-27-9-28-49-77)120-106(130-111)78-50-29-10-30-51-78)95(68-79)132-92-62-57-82(109-125-101(73-40-19-5-20-41-73)118-102(126-109)74-42-21-6-22-43-74)66-88(92)89-67-83(58-63-93(89)132)110-127-103(75-44-23-7-24-45-75)119-104(128-110)76-46-25-8-26-47-76/h1-68H. The first-order valence-electron chi connectivity index (χ1n) is 42.9. The smallest absolute Gasteiger partial charge is 0.309 e. The second kappa shape index (κ2) is 33.4. The molecule has 16 aromatic carbocycles. The maximum Gasteiger partial charge on any atom is 0.419 e. The lowest BCUT2D eigenvalue weighted by Crippen LogP contribution is -2.13. The number of rotatable bonds is 18. The van der Waals surface area contributed by atoms with Gasteiger partial charge >= 0.3 is 6.18 Å². The highest BCUT2D eigenvalue weighted by Crippen LogP contribution is 2.48. The molecule has 0 N–H and O–H groups in total. The third-order valence-electron chi connectivity index (χ3n) is 23.4. The number of hydrogen-bond donors (Lipinski definition) is 0. The van der Waals surface area contributed by atoms with Gasteiger partial charge in [0.2, 0.25) is 0 Å². The molecule has 0 aliphatic heterocycles. The first-order chi connectivity index (χ1) is 65.0. The monoisotopic (exact) mass is 1710 g/mol. The summed E-state index contributed by atoms with van der Waals surface area (Å²) < 4.78 is 57.6. The zero-order valence-electron chi connectivity index (χ0n) is 70.0. The van der Waals surface area contributed by atoms with Crippen LogP contribution in [0.3, 0.4) is 0 Å². The lowest BCUT2D eigenvalue weighted by molar-refractivity contribution is -0.136. The molecule has 0 unspecified atom stereocenters. The zero-order valence-corrected chi connectivity index (χ0v) is 70.0. The van der Waals surface area contributed by atoms with Crippen LogP contribution in [0.1, 0.15) is 5.56 Å². The highest BCUT2D eigenvalue weighted by molar-refractivity contribution is 6.14. The average Bonchev–Trinajstić information content (AvgIpc) is 1.57. The summed E-state index contributed by atoms with van der Waals surface area (Å²) in [7, 11) is 0. The molecule has 0 aliphatic carbocycles. The molecule has 0 amide bonds. The van der Waals surface area contributed by atoms with Crippen molar-refractivity contribution < 1.29 is 13.2 Å². The first-order valence-corrected chi connectivity index (χ1v) is 42.9. The number of fused-ring (bicyclic) bond motifs is 6. The van der Waals surface area contributed by atoms with E-state index in [2.05, 4.69) is 16.7 Å². The fourth-order valence-electron chi connectivity index (χ4n) is 17.1. The van der Waals surface area contributed by atoms with Crippen LogP contribution in [0, 0.1) is 0 Å². The van der Waals surface area contributed by atoms with Gasteiger partial charge in [-0.1, -0.05) is 322 Å². The van der Waals surface area contributed by atoms with E-state index in [1.54, 1.807) is 22.8 Å². The van der Waals surface area contributed by atoms with Crippen LogP contribution < -0.4 is 0 Å². The molecule has 622 valence electrons. The van der Waals surface area contributed by atoms with Crippen LogP contribution in [0.2, 0.25) is 0 Å². The molecule has 0 atom stereocenters. The van der Waals surface area contributed by atoms with Crippen LogP contribution in [0.4, 0.5) is 13.2 Å². The van der Waals surface area contributed by atoms with E-state index in [4.69, 9.17) is 74.8 Å². The predicted octanol–water partition coefficient (Wildman–Crippen LogP) is 26.5. The SMILES string of the molecule is FC(F)(F)c1c(-c2ccc(-c3nc(-c4ccccc4)nc(-c4ccccc4)n3)c(-n3c4ccc(-c5nc(-c6ccccc6)nc(-c6ccccc6)n5)cc4c4cc(-c5nc(-c6ccccc6)nc(-c6ccccc6)n5)ccc43)c2)cccc1-n1c2ccc(-c3nc(-c4ccccc4)nc(-c4ccccc4)n3)cc2c2cc(-c3nc(-c4ccccc4)nc(-c4ccccc4)n3)ccc21. The Hall–Kier alpha value is -18.0.